The van der Waals surface area contributed by atoms with E-state index in [0.29, 0.717) is 5.69 Å². The van der Waals surface area contributed by atoms with E-state index < -0.39 is 23.2 Å². The van der Waals surface area contributed by atoms with Crippen molar-refractivity contribution >= 4 is 23.5 Å². The molecule has 3 aliphatic rings. The van der Waals surface area contributed by atoms with Gasteiger partial charge >= 0.3 is 5.97 Å². The van der Waals surface area contributed by atoms with Crippen molar-refractivity contribution in [1.29, 1.82) is 0 Å². The molecule has 1 aromatic rings. The molecule has 1 heterocycles. The predicted octanol–water partition coefficient (Wildman–Crippen LogP) is 1.15. The lowest BCUT2D eigenvalue weighted by molar-refractivity contribution is -0.178. The van der Waals surface area contributed by atoms with E-state index in [-0.39, 0.29) is 17.7 Å². The van der Waals surface area contributed by atoms with Crippen molar-refractivity contribution in [3.05, 3.63) is 42.5 Å². The van der Waals surface area contributed by atoms with Gasteiger partial charge in [0.1, 0.15) is 5.41 Å². The minimum atomic E-state index is -0.921. The van der Waals surface area contributed by atoms with Gasteiger partial charge < -0.3 is 4.74 Å². The summed E-state index contributed by atoms with van der Waals surface area (Å²) in [5, 5.41) is 0. The third-order valence-corrected chi connectivity index (χ3v) is 4.94. The zero-order valence-electron chi connectivity index (χ0n) is 11.4. The molecule has 5 nitrogen and oxygen atoms in total. The maximum Gasteiger partial charge on any atom is 0.317 e. The Kier molecular flexibility index (Phi) is 2.24. The maximum atomic E-state index is 12.7. The van der Waals surface area contributed by atoms with Crippen LogP contribution in [-0.2, 0) is 19.1 Å². The first-order valence-electron chi connectivity index (χ1n) is 6.83. The van der Waals surface area contributed by atoms with Crippen LogP contribution >= 0.6 is 0 Å². The minimum absolute atomic E-state index is 0.208. The highest BCUT2D eigenvalue weighted by Crippen LogP contribution is 2.67. The van der Waals surface area contributed by atoms with Gasteiger partial charge in [-0.2, -0.15) is 0 Å². The van der Waals surface area contributed by atoms with Crippen molar-refractivity contribution in [3.63, 3.8) is 0 Å². The molecule has 2 amide bonds. The molecule has 2 aliphatic carbocycles. The van der Waals surface area contributed by atoms with Gasteiger partial charge in [0.15, 0.2) is 0 Å². The normalized spacial score (nSPS) is 35.7. The molecule has 1 aromatic carbocycles. The molecular formula is C16H13NO4. The lowest BCUT2D eigenvalue weighted by Crippen LogP contribution is -2.64. The number of carbonyl (C=O) groups excluding carboxylic acids is 3. The highest BCUT2D eigenvalue weighted by molar-refractivity contribution is 6.25. The molecular weight excluding hydrogens is 270 g/mol. The average Bonchev–Trinajstić information content (AvgIpc) is 2.70. The molecule has 0 N–H and O–H groups in total. The summed E-state index contributed by atoms with van der Waals surface area (Å²) in [5.41, 5.74) is -0.364. The van der Waals surface area contributed by atoms with Gasteiger partial charge in [-0.25, -0.2) is 4.90 Å². The smallest absolute Gasteiger partial charge is 0.317 e. The fourth-order valence-corrected chi connectivity index (χ4v) is 3.92. The molecule has 0 radical (unpaired) electrons. The zero-order valence-corrected chi connectivity index (χ0v) is 11.4. The summed E-state index contributed by atoms with van der Waals surface area (Å²) >= 11 is 0. The van der Waals surface area contributed by atoms with Crippen molar-refractivity contribution in [2.24, 2.45) is 23.2 Å². The minimum Gasteiger partial charge on any atom is -0.468 e. The lowest BCUT2D eigenvalue weighted by atomic mass is 9.42. The Morgan fingerprint density at radius 2 is 1.90 bits per heavy atom. The second-order valence-electron chi connectivity index (χ2n) is 5.66. The number of benzene rings is 1. The van der Waals surface area contributed by atoms with E-state index in [1.807, 2.05) is 12.1 Å². The molecule has 3 unspecified atom stereocenters. The second-order valence-corrected chi connectivity index (χ2v) is 5.66. The van der Waals surface area contributed by atoms with Crippen molar-refractivity contribution in [2.45, 2.75) is 0 Å². The number of ether oxygens (including phenoxy) is 1. The number of para-hydroxylation sites is 1. The van der Waals surface area contributed by atoms with Crippen molar-refractivity contribution in [3.8, 4) is 0 Å². The molecule has 106 valence electrons. The first-order valence-corrected chi connectivity index (χ1v) is 6.83. The van der Waals surface area contributed by atoms with Crippen LogP contribution in [0.3, 0.4) is 0 Å². The summed E-state index contributed by atoms with van der Waals surface area (Å²) < 4.78 is 4.84. The Balaban J connectivity index is 1.75. The van der Waals surface area contributed by atoms with E-state index in [4.69, 9.17) is 4.74 Å². The predicted molar refractivity (Wildman–Crippen MR) is 73.0 cm³/mol. The van der Waals surface area contributed by atoms with E-state index in [1.165, 1.54) is 12.0 Å². The van der Waals surface area contributed by atoms with Crippen molar-refractivity contribution < 1.29 is 19.1 Å². The summed E-state index contributed by atoms with van der Waals surface area (Å²) in [5.74, 6) is -2.20. The van der Waals surface area contributed by atoms with E-state index in [0.717, 1.165) is 0 Å². The summed E-state index contributed by atoms with van der Waals surface area (Å²) in [6.07, 6.45) is 3.54. The Bertz CT molecular complexity index is 695. The molecule has 1 saturated carbocycles. The van der Waals surface area contributed by atoms with E-state index >= 15 is 0 Å². The number of anilines is 1. The highest BCUT2D eigenvalue weighted by atomic mass is 16.5. The molecule has 5 heteroatoms. The van der Waals surface area contributed by atoms with Crippen LogP contribution in [0.15, 0.2) is 42.5 Å². The number of fused-ring (bicyclic) bond motifs is 4. The van der Waals surface area contributed by atoms with Gasteiger partial charge in [0, 0.05) is 5.92 Å². The number of methoxy groups -OCH3 is 1. The van der Waals surface area contributed by atoms with Crippen LogP contribution in [0.1, 0.15) is 0 Å². The Labute approximate surface area is 121 Å². The number of hydrogen-bond acceptors (Lipinski definition) is 4. The lowest BCUT2D eigenvalue weighted by Gasteiger charge is -2.56. The third-order valence-electron chi connectivity index (χ3n) is 4.94. The van der Waals surface area contributed by atoms with Crippen LogP contribution in [0.4, 0.5) is 5.69 Å². The zero-order chi connectivity index (χ0) is 14.8. The molecule has 4 atom stereocenters. The van der Waals surface area contributed by atoms with Gasteiger partial charge in [0.25, 0.3) is 0 Å². The van der Waals surface area contributed by atoms with Gasteiger partial charge in [-0.05, 0) is 12.1 Å². The van der Waals surface area contributed by atoms with Crippen molar-refractivity contribution in [1.82, 2.24) is 0 Å². The van der Waals surface area contributed by atoms with Crippen molar-refractivity contribution in [2.75, 3.05) is 12.0 Å². The summed E-state index contributed by atoms with van der Waals surface area (Å²) in [6, 6.07) is 8.82. The standard InChI is InChI=1S/C16H13NO4/c1-21-15(20)16-8-7-10(16)11-12(16)14(19)17(13(11)18)9-5-3-2-4-6-9/h2-8,10-12H,1H3/t10?,11?,12?,16-/m1/s1. The molecule has 0 bridgehead atoms. The number of esters is 1. The van der Waals surface area contributed by atoms with Gasteiger partial charge in [-0.15, -0.1) is 0 Å². The summed E-state index contributed by atoms with van der Waals surface area (Å²) in [7, 11) is 1.31. The first kappa shape index (κ1) is 12.3. The second kappa shape index (κ2) is 3.81. The number of hydrogen-bond donors (Lipinski definition) is 0. The largest absolute Gasteiger partial charge is 0.468 e. The third kappa shape index (κ3) is 1.20. The molecule has 4 rings (SSSR count). The SMILES string of the molecule is COC(=O)[C@]12C=CC1C1C(=O)N(c3ccccc3)C(=O)C12. The summed E-state index contributed by atoms with van der Waals surface area (Å²) in [6.45, 7) is 0. The monoisotopic (exact) mass is 283 g/mol. The molecule has 1 saturated heterocycles. The van der Waals surface area contributed by atoms with Gasteiger partial charge in [-0.1, -0.05) is 30.4 Å². The van der Waals surface area contributed by atoms with Crippen LogP contribution in [0.2, 0.25) is 0 Å². The number of rotatable bonds is 2. The molecule has 0 spiro atoms. The topological polar surface area (TPSA) is 63.7 Å². The molecule has 0 aromatic heterocycles. The number of allylic oxidation sites excluding steroid dienone is 1. The average molecular weight is 283 g/mol. The maximum absolute atomic E-state index is 12.7. The Morgan fingerprint density at radius 1 is 1.19 bits per heavy atom. The van der Waals surface area contributed by atoms with E-state index in [1.54, 1.807) is 30.3 Å². The quantitative estimate of drug-likeness (QED) is 0.464. The van der Waals surface area contributed by atoms with Crippen LogP contribution in [-0.4, -0.2) is 24.9 Å². The van der Waals surface area contributed by atoms with Crippen LogP contribution < -0.4 is 4.90 Å². The Hall–Kier alpha value is -2.43. The van der Waals surface area contributed by atoms with E-state index in [2.05, 4.69) is 0 Å². The van der Waals surface area contributed by atoms with Crippen LogP contribution in [0, 0.1) is 23.2 Å². The number of carbonyl (C=O) groups is 3. The van der Waals surface area contributed by atoms with Gasteiger partial charge in [-0.3, -0.25) is 14.4 Å². The molecule has 21 heavy (non-hydrogen) atoms. The van der Waals surface area contributed by atoms with E-state index in [9.17, 15) is 14.4 Å². The molecule has 1 aliphatic heterocycles. The number of nitrogens with zero attached hydrogens (tertiary/aromatic N) is 1. The molecule has 2 fully saturated rings. The number of amides is 2. The highest BCUT2D eigenvalue weighted by Gasteiger charge is 2.77. The summed E-state index contributed by atoms with van der Waals surface area (Å²) in [4.78, 5) is 38.5. The van der Waals surface area contributed by atoms with Gasteiger partial charge in [0.2, 0.25) is 11.8 Å². The number of imide groups is 1. The fraction of sp³-hybridized carbons (Fsp3) is 0.312. The van der Waals surface area contributed by atoms with Gasteiger partial charge in [0.05, 0.1) is 24.6 Å². The van der Waals surface area contributed by atoms with Crippen LogP contribution in [0.25, 0.3) is 0 Å². The Morgan fingerprint density at radius 3 is 2.48 bits per heavy atom. The first-order chi connectivity index (χ1) is 10.1. The fourth-order valence-electron chi connectivity index (χ4n) is 3.92. The van der Waals surface area contributed by atoms with Crippen LogP contribution in [0.5, 0.6) is 0 Å².